The lowest BCUT2D eigenvalue weighted by Crippen LogP contribution is -2.17. The summed E-state index contributed by atoms with van der Waals surface area (Å²) in [5, 5.41) is 8.31. The van der Waals surface area contributed by atoms with Gasteiger partial charge in [-0.3, -0.25) is 4.79 Å². The van der Waals surface area contributed by atoms with Crippen molar-refractivity contribution < 1.29 is 4.79 Å². The maximum absolute atomic E-state index is 11.1. The molecule has 2 N–H and O–H groups in total. The number of carbonyl (C=O) groups is 1. The van der Waals surface area contributed by atoms with Gasteiger partial charge in [-0.05, 0) is 26.7 Å². The molecule has 0 aliphatic heterocycles. The Morgan fingerprint density at radius 3 is 2.65 bits per heavy atom. The van der Waals surface area contributed by atoms with E-state index < -0.39 is 0 Å². The number of amides is 1. The van der Waals surface area contributed by atoms with E-state index in [4.69, 9.17) is 5.73 Å². The average Bonchev–Trinajstić information content (AvgIpc) is 2.83. The van der Waals surface area contributed by atoms with Crippen LogP contribution >= 0.6 is 0 Å². The summed E-state index contributed by atoms with van der Waals surface area (Å²) in [4.78, 5) is 11.1. The van der Waals surface area contributed by atoms with Crippen LogP contribution in [0.25, 0.3) is 0 Å². The molecule has 17 heavy (non-hydrogen) atoms. The Bertz CT molecular complexity index is 405. The zero-order valence-corrected chi connectivity index (χ0v) is 10.5. The Morgan fingerprint density at radius 2 is 2.12 bits per heavy atom. The fraction of sp³-hybridized carbons (Fsp3) is 0.750. The molecule has 2 rings (SSSR count). The lowest BCUT2D eigenvalue weighted by Gasteiger charge is -2.15. The zero-order chi connectivity index (χ0) is 12.4. The van der Waals surface area contributed by atoms with Crippen molar-refractivity contribution in [1.82, 2.24) is 15.0 Å². The first-order valence-electron chi connectivity index (χ1n) is 6.32. The third-order valence-corrected chi connectivity index (χ3v) is 3.38. The normalized spacial score (nSPS) is 16.9. The monoisotopic (exact) mass is 236 g/mol. The van der Waals surface area contributed by atoms with E-state index in [1.54, 1.807) is 0 Å². The maximum atomic E-state index is 11.1. The van der Waals surface area contributed by atoms with Crippen molar-refractivity contribution in [3.8, 4) is 0 Å². The summed E-state index contributed by atoms with van der Waals surface area (Å²) >= 11 is 0. The summed E-state index contributed by atoms with van der Waals surface area (Å²) in [5.74, 6) is 0.168. The molecule has 5 nitrogen and oxygen atoms in total. The Labute approximate surface area is 101 Å². The molecule has 5 heteroatoms. The Hall–Kier alpha value is -1.39. The first kappa shape index (κ1) is 12.1. The lowest BCUT2D eigenvalue weighted by molar-refractivity contribution is -0.117. The van der Waals surface area contributed by atoms with E-state index in [1.807, 2.05) is 4.68 Å². The molecule has 1 heterocycles. The number of aromatic nitrogens is 3. The number of nitrogens with two attached hydrogens (primary N) is 1. The van der Waals surface area contributed by atoms with Gasteiger partial charge in [-0.25, -0.2) is 4.68 Å². The maximum Gasteiger partial charge on any atom is 0.223 e. The van der Waals surface area contributed by atoms with E-state index in [0.717, 1.165) is 11.4 Å². The molecule has 1 aliphatic rings. The Balaban J connectivity index is 2.35. The average molecular weight is 236 g/mol. The summed E-state index contributed by atoms with van der Waals surface area (Å²) in [6.07, 6.45) is 5.06. The van der Waals surface area contributed by atoms with Gasteiger partial charge >= 0.3 is 0 Å². The first-order chi connectivity index (χ1) is 8.09. The van der Waals surface area contributed by atoms with E-state index in [2.05, 4.69) is 24.2 Å². The second kappa shape index (κ2) is 4.85. The summed E-state index contributed by atoms with van der Waals surface area (Å²) in [5.41, 5.74) is 7.17. The largest absolute Gasteiger partial charge is 0.369 e. The van der Waals surface area contributed by atoms with Crippen molar-refractivity contribution in [2.45, 2.75) is 57.9 Å². The topological polar surface area (TPSA) is 73.8 Å². The molecule has 94 valence electrons. The highest BCUT2D eigenvalue weighted by Gasteiger charge is 2.26. The predicted octanol–water partition coefficient (Wildman–Crippen LogP) is 1.54. The van der Waals surface area contributed by atoms with Gasteiger partial charge in [0, 0.05) is 12.0 Å². The molecule has 1 amide bonds. The number of hydrogen-bond donors (Lipinski definition) is 1. The van der Waals surface area contributed by atoms with Crippen molar-refractivity contribution in [2.75, 3.05) is 0 Å². The molecule has 0 radical (unpaired) electrons. The van der Waals surface area contributed by atoms with Crippen molar-refractivity contribution in [3.05, 3.63) is 11.4 Å². The smallest absolute Gasteiger partial charge is 0.223 e. The fourth-order valence-electron chi connectivity index (χ4n) is 2.63. The van der Waals surface area contributed by atoms with Gasteiger partial charge in [-0.2, -0.15) is 0 Å². The van der Waals surface area contributed by atoms with Gasteiger partial charge in [0.1, 0.15) is 0 Å². The van der Waals surface area contributed by atoms with Gasteiger partial charge in [-0.15, -0.1) is 5.10 Å². The van der Waals surface area contributed by atoms with Crippen LogP contribution in [0.2, 0.25) is 0 Å². The minimum absolute atomic E-state index is 0.207. The van der Waals surface area contributed by atoms with Crippen LogP contribution < -0.4 is 5.73 Å². The van der Waals surface area contributed by atoms with E-state index in [1.165, 1.54) is 25.7 Å². The van der Waals surface area contributed by atoms with Gasteiger partial charge in [0.25, 0.3) is 0 Å². The summed E-state index contributed by atoms with van der Waals surface area (Å²) in [7, 11) is 0. The van der Waals surface area contributed by atoms with E-state index in [-0.39, 0.29) is 18.4 Å². The van der Waals surface area contributed by atoms with Crippen molar-refractivity contribution in [2.24, 2.45) is 5.73 Å². The molecule has 1 aromatic heterocycles. The van der Waals surface area contributed by atoms with Crippen LogP contribution in [0.5, 0.6) is 0 Å². The summed E-state index contributed by atoms with van der Waals surface area (Å²) in [6, 6.07) is 0.278. The molecule has 0 aromatic carbocycles. The number of carbonyl (C=O) groups excluding carboxylic acids is 1. The summed E-state index contributed by atoms with van der Waals surface area (Å²) in [6.45, 7) is 4.17. The minimum Gasteiger partial charge on any atom is -0.369 e. The lowest BCUT2D eigenvalue weighted by atomic mass is 10.00. The molecule has 0 bridgehead atoms. The van der Waals surface area contributed by atoms with E-state index >= 15 is 0 Å². The molecule has 1 aromatic rings. The van der Waals surface area contributed by atoms with Crippen LogP contribution in [-0.2, 0) is 11.2 Å². The van der Waals surface area contributed by atoms with Gasteiger partial charge in [0.05, 0.1) is 17.8 Å². The van der Waals surface area contributed by atoms with Crippen LogP contribution in [0.1, 0.15) is 62.9 Å². The standard InChI is InChI=1S/C12H20N4O/c1-8(2)16-12(9-5-3-4-6-9)10(14-15-16)7-11(13)17/h8-9H,3-7H2,1-2H3,(H2,13,17). The van der Waals surface area contributed by atoms with Crippen LogP contribution in [0.15, 0.2) is 0 Å². The Kier molecular flexibility index (Phi) is 3.45. The highest BCUT2D eigenvalue weighted by Crippen LogP contribution is 2.36. The quantitative estimate of drug-likeness (QED) is 0.861. The fourth-order valence-corrected chi connectivity index (χ4v) is 2.63. The molecule has 0 spiro atoms. The molecule has 1 aliphatic carbocycles. The van der Waals surface area contributed by atoms with E-state index in [0.29, 0.717) is 5.92 Å². The third kappa shape index (κ3) is 2.48. The number of nitrogens with zero attached hydrogens (tertiary/aromatic N) is 3. The SMILES string of the molecule is CC(C)n1nnc(CC(N)=O)c1C1CCCC1. The summed E-state index contributed by atoms with van der Waals surface area (Å²) < 4.78 is 1.95. The van der Waals surface area contributed by atoms with Crippen molar-refractivity contribution in [3.63, 3.8) is 0 Å². The Morgan fingerprint density at radius 1 is 1.47 bits per heavy atom. The minimum atomic E-state index is -0.333. The molecular formula is C12H20N4O. The third-order valence-electron chi connectivity index (χ3n) is 3.38. The molecule has 1 fully saturated rings. The van der Waals surface area contributed by atoms with Gasteiger partial charge in [0.15, 0.2) is 0 Å². The molecule has 1 saturated carbocycles. The van der Waals surface area contributed by atoms with Gasteiger partial charge in [-0.1, -0.05) is 18.1 Å². The molecule has 0 saturated heterocycles. The molecule has 0 atom stereocenters. The predicted molar refractivity (Wildman–Crippen MR) is 64.5 cm³/mol. The molecule has 0 unspecified atom stereocenters. The molecular weight excluding hydrogens is 216 g/mol. The van der Waals surface area contributed by atoms with Crippen molar-refractivity contribution >= 4 is 5.91 Å². The van der Waals surface area contributed by atoms with Gasteiger partial charge < -0.3 is 5.73 Å². The second-order valence-electron chi connectivity index (χ2n) is 5.08. The number of hydrogen-bond acceptors (Lipinski definition) is 3. The van der Waals surface area contributed by atoms with Crippen LogP contribution in [0.3, 0.4) is 0 Å². The highest BCUT2D eigenvalue weighted by atomic mass is 16.1. The number of primary amides is 1. The van der Waals surface area contributed by atoms with E-state index in [9.17, 15) is 4.79 Å². The number of rotatable bonds is 4. The van der Waals surface area contributed by atoms with Crippen LogP contribution in [-0.4, -0.2) is 20.9 Å². The van der Waals surface area contributed by atoms with Crippen LogP contribution in [0.4, 0.5) is 0 Å². The van der Waals surface area contributed by atoms with Crippen molar-refractivity contribution in [1.29, 1.82) is 0 Å². The zero-order valence-electron chi connectivity index (χ0n) is 10.5. The highest BCUT2D eigenvalue weighted by molar-refractivity contribution is 5.76. The van der Waals surface area contributed by atoms with Gasteiger partial charge in [0.2, 0.25) is 5.91 Å². The first-order valence-corrected chi connectivity index (χ1v) is 6.32. The van der Waals surface area contributed by atoms with Crippen LogP contribution in [0, 0.1) is 0 Å². The second-order valence-corrected chi connectivity index (χ2v) is 5.08.